The van der Waals surface area contributed by atoms with Gasteiger partial charge in [-0.2, -0.15) is 0 Å². The molecule has 3 aromatic rings. The Balaban J connectivity index is 1.26. The SMILES string of the molecule is CCOC(=O)CCN(C)CC1CCCN1C(=O)C1(c2ccc3c(c2)nc(CNc2ccc(C(=N)N)cc2)n3C)CC1. The summed E-state index contributed by atoms with van der Waals surface area (Å²) < 4.78 is 7.14. The molecule has 1 aliphatic heterocycles. The van der Waals surface area contributed by atoms with Gasteiger partial charge in [-0.25, -0.2) is 4.98 Å². The molecule has 4 N–H and O–H groups in total. The number of aryl methyl sites for hydroxylation is 1. The molecular formula is C31H41N7O3. The second-order valence-electron chi connectivity index (χ2n) is 11.3. The maximum Gasteiger partial charge on any atom is 0.307 e. The van der Waals surface area contributed by atoms with Gasteiger partial charge in [-0.3, -0.25) is 15.0 Å². The fourth-order valence-electron chi connectivity index (χ4n) is 5.94. The first-order chi connectivity index (χ1) is 19.7. The lowest BCUT2D eigenvalue weighted by Gasteiger charge is -2.32. The smallest absolute Gasteiger partial charge is 0.307 e. The lowest BCUT2D eigenvalue weighted by atomic mass is 9.93. The third-order valence-electron chi connectivity index (χ3n) is 8.50. The van der Waals surface area contributed by atoms with Gasteiger partial charge in [0.15, 0.2) is 0 Å². The number of anilines is 1. The number of amides is 1. The van der Waals surface area contributed by atoms with Gasteiger partial charge in [0, 0.05) is 44.0 Å². The van der Waals surface area contributed by atoms with E-state index in [1.165, 1.54) is 0 Å². The van der Waals surface area contributed by atoms with Crippen LogP contribution in [-0.4, -0.2) is 76.4 Å². The summed E-state index contributed by atoms with van der Waals surface area (Å²) in [4.78, 5) is 34.9. The highest BCUT2D eigenvalue weighted by Gasteiger charge is 2.54. The summed E-state index contributed by atoms with van der Waals surface area (Å²) in [5, 5.41) is 11.0. The maximum absolute atomic E-state index is 14.0. The number of imidazole rings is 1. The Kier molecular flexibility index (Phi) is 8.30. The summed E-state index contributed by atoms with van der Waals surface area (Å²) in [5.41, 5.74) is 9.69. The number of fused-ring (bicyclic) bond motifs is 1. The van der Waals surface area contributed by atoms with Crippen LogP contribution in [0.4, 0.5) is 5.69 Å². The van der Waals surface area contributed by atoms with E-state index in [1.54, 1.807) is 0 Å². The number of ether oxygens (including phenoxy) is 1. The normalized spacial score (nSPS) is 17.7. The van der Waals surface area contributed by atoms with Gasteiger partial charge < -0.3 is 30.2 Å². The maximum atomic E-state index is 14.0. The van der Waals surface area contributed by atoms with Gasteiger partial charge in [0.05, 0.1) is 36.0 Å². The van der Waals surface area contributed by atoms with Gasteiger partial charge in [-0.15, -0.1) is 0 Å². The average Bonchev–Trinajstić information content (AvgIpc) is 3.55. The minimum absolute atomic E-state index is 0.0493. The molecule has 0 bridgehead atoms. The van der Waals surface area contributed by atoms with Gasteiger partial charge in [0.1, 0.15) is 11.7 Å². The summed E-state index contributed by atoms with van der Waals surface area (Å²) in [6.07, 6.45) is 4.07. The third kappa shape index (κ3) is 6.07. The molecule has 1 saturated carbocycles. The third-order valence-corrected chi connectivity index (χ3v) is 8.50. The average molecular weight is 560 g/mol. The predicted molar refractivity (Wildman–Crippen MR) is 160 cm³/mol. The number of nitrogen functional groups attached to an aromatic ring is 1. The highest BCUT2D eigenvalue weighted by atomic mass is 16.5. The number of likely N-dealkylation sites (N-methyl/N-ethyl adjacent to an activating group) is 1. The molecule has 218 valence electrons. The van der Waals surface area contributed by atoms with Crippen LogP contribution >= 0.6 is 0 Å². The molecule has 2 aromatic carbocycles. The minimum atomic E-state index is -0.464. The summed E-state index contributed by atoms with van der Waals surface area (Å²) in [5.74, 6) is 0.996. The van der Waals surface area contributed by atoms with Crippen molar-refractivity contribution in [2.24, 2.45) is 12.8 Å². The minimum Gasteiger partial charge on any atom is -0.466 e. The van der Waals surface area contributed by atoms with E-state index in [0.29, 0.717) is 31.7 Å². The van der Waals surface area contributed by atoms with E-state index in [9.17, 15) is 9.59 Å². The standard InChI is InChI=1S/C31H41N7O3/c1-4-41-28(39)13-17-36(2)20-24-6-5-16-38(24)30(40)31(14-15-31)22-9-12-26-25(18-22)35-27(37(26)3)19-34-23-10-7-21(8-11-23)29(32)33/h7-12,18,24,34H,4-6,13-17,19-20H2,1-3H3,(H3,32,33). The Morgan fingerprint density at radius 1 is 1.22 bits per heavy atom. The number of rotatable bonds is 12. The molecule has 1 aliphatic carbocycles. The van der Waals surface area contributed by atoms with Crippen molar-refractivity contribution in [2.75, 3.05) is 38.6 Å². The van der Waals surface area contributed by atoms with Crippen molar-refractivity contribution in [3.8, 4) is 0 Å². The number of nitrogens with one attached hydrogen (secondary N) is 2. The number of likely N-dealkylation sites (tertiary alicyclic amines) is 1. The van der Waals surface area contributed by atoms with Crippen LogP contribution in [0.15, 0.2) is 42.5 Å². The largest absolute Gasteiger partial charge is 0.466 e. The van der Waals surface area contributed by atoms with E-state index in [2.05, 4.69) is 37.9 Å². The van der Waals surface area contributed by atoms with Gasteiger partial charge in [0.2, 0.25) is 5.91 Å². The molecule has 2 aliphatic rings. The van der Waals surface area contributed by atoms with Crippen molar-refractivity contribution in [2.45, 2.75) is 57.0 Å². The van der Waals surface area contributed by atoms with Crippen LogP contribution < -0.4 is 11.1 Å². The van der Waals surface area contributed by atoms with E-state index < -0.39 is 5.41 Å². The van der Waals surface area contributed by atoms with Gasteiger partial charge in [-0.05, 0) is 81.6 Å². The molecule has 10 nitrogen and oxygen atoms in total. The van der Waals surface area contributed by atoms with Crippen LogP contribution in [0, 0.1) is 5.41 Å². The van der Waals surface area contributed by atoms with Crippen LogP contribution in [0.1, 0.15) is 56.0 Å². The molecule has 1 amide bonds. The van der Waals surface area contributed by atoms with Crippen LogP contribution in [0.5, 0.6) is 0 Å². The van der Waals surface area contributed by atoms with E-state index in [1.807, 2.05) is 45.3 Å². The fraction of sp³-hybridized carbons (Fsp3) is 0.484. The second-order valence-corrected chi connectivity index (χ2v) is 11.3. The summed E-state index contributed by atoms with van der Waals surface area (Å²) in [6, 6.07) is 13.9. The second kappa shape index (κ2) is 11.9. The molecule has 1 saturated heterocycles. The van der Waals surface area contributed by atoms with Crippen LogP contribution in [0.25, 0.3) is 11.0 Å². The Morgan fingerprint density at radius 3 is 2.66 bits per heavy atom. The van der Waals surface area contributed by atoms with E-state index in [4.69, 9.17) is 20.9 Å². The quantitative estimate of drug-likeness (QED) is 0.176. The lowest BCUT2D eigenvalue weighted by molar-refractivity contribution is -0.143. The fourth-order valence-corrected chi connectivity index (χ4v) is 5.94. The summed E-state index contributed by atoms with van der Waals surface area (Å²) in [7, 11) is 4.02. The van der Waals surface area contributed by atoms with Crippen LogP contribution in [0.2, 0.25) is 0 Å². The molecule has 1 unspecified atom stereocenters. The van der Waals surface area contributed by atoms with Gasteiger partial charge >= 0.3 is 5.97 Å². The zero-order chi connectivity index (χ0) is 29.1. The van der Waals surface area contributed by atoms with Crippen molar-refractivity contribution >= 4 is 34.4 Å². The zero-order valence-corrected chi connectivity index (χ0v) is 24.3. The molecule has 2 heterocycles. The van der Waals surface area contributed by atoms with Crippen molar-refractivity contribution in [1.29, 1.82) is 5.41 Å². The first kappa shape index (κ1) is 28.6. The lowest BCUT2D eigenvalue weighted by Crippen LogP contribution is -2.46. The number of nitrogens with zero attached hydrogens (tertiary/aromatic N) is 4. The molecule has 5 rings (SSSR count). The number of nitrogens with two attached hydrogens (primary N) is 1. The molecule has 0 spiro atoms. The molecule has 2 fully saturated rings. The number of esters is 1. The van der Waals surface area contributed by atoms with Crippen LogP contribution in [0.3, 0.4) is 0 Å². The van der Waals surface area contributed by atoms with Crippen molar-refractivity contribution in [3.63, 3.8) is 0 Å². The molecule has 1 atom stereocenters. The van der Waals surface area contributed by atoms with Crippen molar-refractivity contribution < 1.29 is 14.3 Å². The summed E-state index contributed by atoms with van der Waals surface area (Å²) in [6.45, 7) is 4.93. The van der Waals surface area contributed by atoms with Crippen molar-refractivity contribution in [1.82, 2.24) is 19.4 Å². The Morgan fingerprint density at radius 2 is 1.98 bits per heavy atom. The topological polar surface area (TPSA) is 130 Å². The summed E-state index contributed by atoms with van der Waals surface area (Å²) >= 11 is 0. The monoisotopic (exact) mass is 559 g/mol. The zero-order valence-electron chi connectivity index (χ0n) is 24.3. The van der Waals surface area contributed by atoms with Gasteiger partial charge in [0.25, 0.3) is 0 Å². The number of hydrogen-bond acceptors (Lipinski definition) is 7. The first-order valence-corrected chi connectivity index (χ1v) is 14.5. The number of hydrogen-bond donors (Lipinski definition) is 3. The molecule has 1 aromatic heterocycles. The van der Waals surface area contributed by atoms with E-state index in [-0.39, 0.29) is 23.8 Å². The number of amidine groups is 1. The van der Waals surface area contributed by atoms with Crippen LogP contribution in [-0.2, 0) is 33.3 Å². The first-order valence-electron chi connectivity index (χ1n) is 14.5. The number of aromatic nitrogens is 2. The van der Waals surface area contributed by atoms with E-state index >= 15 is 0 Å². The predicted octanol–water partition coefficient (Wildman–Crippen LogP) is 3.38. The Labute approximate surface area is 241 Å². The van der Waals surface area contributed by atoms with Crippen molar-refractivity contribution in [3.05, 3.63) is 59.4 Å². The number of carbonyl (C=O) groups is 2. The molecule has 41 heavy (non-hydrogen) atoms. The molecular weight excluding hydrogens is 518 g/mol. The Bertz CT molecular complexity index is 1430. The molecule has 10 heteroatoms. The highest BCUT2D eigenvalue weighted by Crippen LogP contribution is 2.51. The number of benzene rings is 2. The molecule has 0 radical (unpaired) electrons. The number of carbonyl (C=O) groups excluding carboxylic acids is 2. The van der Waals surface area contributed by atoms with Gasteiger partial charge in [-0.1, -0.05) is 6.07 Å². The highest BCUT2D eigenvalue weighted by molar-refractivity contribution is 5.95. The Hall–Kier alpha value is -3.92. The van der Waals surface area contributed by atoms with E-state index in [0.717, 1.165) is 66.9 Å².